The molecular weight excluding hydrogens is 541 g/mol. The number of rotatable bonds is 13. The van der Waals surface area contributed by atoms with Gasteiger partial charge in [0.1, 0.15) is 17.3 Å². The summed E-state index contributed by atoms with van der Waals surface area (Å²) >= 11 is 0. The average molecular weight is 576 g/mol. The van der Waals surface area contributed by atoms with Crippen LogP contribution in [-0.4, -0.2) is 34.9 Å². The lowest BCUT2D eigenvalue weighted by atomic mass is 10.0. The second-order valence-electron chi connectivity index (χ2n) is 9.96. The van der Waals surface area contributed by atoms with E-state index in [0.29, 0.717) is 36.8 Å². The zero-order valence-electron chi connectivity index (χ0n) is 23.8. The molecule has 10 heteroatoms. The molecule has 220 valence electrons. The van der Waals surface area contributed by atoms with E-state index in [2.05, 4.69) is 15.6 Å². The highest BCUT2D eigenvalue weighted by molar-refractivity contribution is 5.68. The molecule has 0 radical (unpaired) electrons. The summed E-state index contributed by atoms with van der Waals surface area (Å²) in [6.07, 6.45) is 0.0164. The number of benzene rings is 3. The summed E-state index contributed by atoms with van der Waals surface area (Å²) in [7, 11) is 0. The van der Waals surface area contributed by atoms with Gasteiger partial charge in [0.05, 0.1) is 18.4 Å². The van der Waals surface area contributed by atoms with Crippen molar-refractivity contribution in [2.24, 2.45) is 0 Å². The lowest BCUT2D eigenvalue weighted by molar-refractivity contribution is -0.136. The van der Waals surface area contributed by atoms with Crippen LogP contribution in [0.1, 0.15) is 42.8 Å². The number of nitrogens with one attached hydrogen (secondary N) is 2. The molecule has 3 aromatic carbocycles. The highest BCUT2D eigenvalue weighted by atomic mass is 19.1. The SMILES string of the molecule is Cc1oc(-c2ccc(Nc3ccc(F)cc3)cc2)nc1CCOc1ccc(CCC(=O)O)c(CNC(=O)OC(C)C)c1. The van der Waals surface area contributed by atoms with E-state index in [1.54, 1.807) is 38.1 Å². The van der Waals surface area contributed by atoms with Crippen molar-refractivity contribution in [2.75, 3.05) is 11.9 Å². The number of amides is 1. The Kier molecular flexibility index (Phi) is 10.1. The normalized spacial score (nSPS) is 10.9. The number of aliphatic carboxylic acids is 1. The van der Waals surface area contributed by atoms with E-state index in [1.807, 2.05) is 37.3 Å². The lowest BCUT2D eigenvalue weighted by Gasteiger charge is -2.14. The van der Waals surface area contributed by atoms with Crippen LogP contribution in [0.5, 0.6) is 5.75 Å². The smallest absolute Gasteiger partial charge is 0.407 e. The summed E-state index contributed by atoms with van der Waals surface area (Å²) in [5, 5.41) is 15.0. The van der Waals surface area contributed by atoms with Gasteiger partial charge in [0.25, 0.3) is 0 Å². The molecule has 0 unspecified atom stereocenters. The molecular formula is C32H34FN3O6. The first-order valence-corrected chi connectivity index (χ1v) is 13.7. The van der Waals surface area contributed by atoms with Gasteiger partial charge in [-0.2, -0.15) is 0 Å². The maximum Gasteiger partial charge on any atom is 0.407 e. The molecule has 1 aromatic heterocycles. The third kappa shape index (κ3) is 8.82. The van der Waals surface area contributed by atoms with Crippen LogP contribution in [0.25, 0.3) is 11.5 Å². The van der Waals surface area contributed by atoms with Crippen LogP contribution in [0.3, 0.4) is 0 Å². The molecule has 4 aromatic rings. The van der Waals surface area contributed by atoms with Crippen molar-refractivity contribution in [3.8, 4) is 17.2 Å². The van der Waals surface area contributed by atoms with Crippen molar-refractivity contribution in [3.05, 3.63) is 95.1 Å². The number of hydrogen-bond donors (Lipinski definition) is 3. The van der Waals surface area contributed by atoms with Crippen LogP contribution in [0.4, 0.5) is 20.6 Å². The minimum Gasteiger partial charge on any atom is -0.493 e. The number of carbonyl (C=O) groups is 2. The van der Waals surface area contributed by atoms with Crippen molar-refractivity contribution in [3.63, 3.8) is 0 Å². The van der Waals surface area contributed by atoms with Gasteiger partial charge in [-0.15, -0.1) is 0 Å². The Morgan fingerprint density at radius 1 is 0.976 bits per heavy atom. The fourth-order valence-corrected chi connectivity index (χ4v) is 4.21. The number of ether oxygens (including phenoxy) is 2. The largest absolute Gasteiger partial charge is 0.493 e. The summed E-state index contributed by atoms with van der Waals surface area (Å²) in [4.78, 5) is 27.7. The van der Waals surface area contributed by atoms with Crippen LogP contribution in [0, 0.1) is 12.7 Å². The minimum absolute atomic E-state index is 0.0229. The first-order valence-electron chi connectivity index (χ1n) is 13.7. The van der Waals surface area contributed by atoms with E-state index in [0.717, 1.165) is 33.8 Å². The Morgan fingerprint density at radius 3 is 2.33 bits per heavy atom. The zero-order valence-corrected chi connectivity index (χ0v) is 23.8. The van der Waals surface area contributed by atoms with E-state index < -0.39 is 12.1 Å². The van der Waals surface area contributed by atoms with Gasteiger partial charge < -0.3 is 29.6 Å². The summed E-state index contributed by atoms with van der Waals surface area (Å²) in [5.41, 5.74) is 4.79. The molecule has 0 saturated heterocycles. The molecule has 0 spiro atoms. The first-order chi connectivity index (χ1) is 20.2. The number of aromatic nitrogens is 1. The van der Waals surface area contributed by atoms with Gasteiger partial charge in [0, 0.05) is 36.3 Å². The molecule has 0 aliphatic carbocycles. The van der Waals surface area contributed by atoms with Gasteiger partial charge in [-0.05, 0) is 99.0 Å². The Morgan fingerprint density at radius 2 is 1.67 bits per heavy atom. The van der Waals surface area contributed by atoms with E-state index >= 15 is 0 Å². The predicted molar refractivity (Wildman–Crippen MR) is 156 cm³/mol. The molecule has 0 fully saturated rings. The fraction of sp³-hybridized carbons (Fsp3) is 0.281. The predicted octanol–water partition coefficient (Wildman–Crippen LogP) is 6.81. The summed E-state index contributed by atoms with van der Waals surface area (Å²) in [5.74, 6) is 0.604. The van der Waals surface area contributed by atoms with Gasteiger partial charge in [-0.1, -0.05) is 6.07 Å². The number of aryl methyl sites for hydroxylation is 2. The van der Waals surface area contributed by atoms with Crippen LogP contribution in [0.15, 0.2) is 71.1 Å². The number of carboxylic acid groups (broad SMARTS) is 1. The Hall–Kier alpha value is -4.86. The Balaban J connectivity index is 1.36. The third-order valence-corrected chi connectivity index (χ3v) is 6.32. The monoisotopic (exact) mass is 575 g/mol. The second kappa shape index (κ2) is 14.2. The number of oxazole rings is 1. The molecule has 1 amide bonds. The van der Waals surface area contributed by atoms with E-state index in [4.69, 9.17) is 19.0 Å². The number of hydrogen-bond acceptors (Lipinski definition) is 7. The molecule has 42 heavy (non-hydrogen) atoms. The minimum atomic E-state index is -0.895. The highest BCUT2D eigenvalue weighted by Crippen LogP contribution is 2.26. The maximum absolute atomic E-state index is 13.1. The number of halogens is 1. The molecule has 9 nitrogen and oxygen atoms in total. The van der Waals surface area contributed by atoms with Crippen molar-refractivity contribution in [1.29, 1.82) is 0 Å². The van der Waals surface area contributed by atoms with Gasteiger partial charge >= 0.3 is 12.1 Å². The molecule has 0 saturated carbocycles. The van der Waals surface area contributed by atoms with Gasteiger partial charge in [0.2, 0.25) is 5.89 Å². The van der Waals surface area contributed by atoms with Crippen molar-refractivity contribution >= 4 is 23.4 Å². The Bertz CT molecular complexity index is 1500. The number of nitrogens with zero attached hydrogens (tertiary/aromatic N) is 1. The molecule has 0 atom stereocenters. The molecule has 0 aliphatic heterocycles. The first kappa shape index (κ1) is 30.1. The second-order valence-corrected chi connectivity index (χ2v) is 9.96. The van der Waals surface area contributed by atoms with Gasteiger partial charge in [0.15, 0.2) is 0 Å². The fourth-order valence-electron chi connectivity index (χ4n) is 4.21. The molecule has 4 rings (SSSR count). The summed E-state index contributed by atoms with van der Waals surface area (Å²) < 4.78 is 30.2. The molecule has 1 heterocycles. The maximum atomic E-state index is 13.1. The van der Waals surface area contributed by atoms with Crippen molar-refractivity contribution < 1.29 is 33.0 Å². The van der Waals surface area contributed by atoms with Crippen LogP contribution >= 0.6 is 0 Å². The molecule has 3 N–H and O–H groups in total. The van der Waals surface area contributed by atoms with Crippen LogP contribution in [0.2, 0.25) is 0 Å². The molecule has 0 bridgehead atoms. The van der Waals surface area contributed by atoms with Crippen molar-refractivity contribution in [2.45, 2.75) is 52.7 Å². The number of carbonyl (C=O) groups excluding carboxylic acids is 1. The summed E-state index contributed by atoms with van der Waals surface area (Å²) in [6.45, 7) is 5.90. The number of alkyl carbamates (subject to hydrolysis) is 1. The summed E-state index contributed by atoms with van der Waals surface area (Å²) in [6, 6.07) is 19.1. The number of carboxylic acids is 1. The van der Waals surface area contributed by atoms with Crippen LogP contribution < -0.4 is 15.4 Å². The third-order valence-electron chi connectivity index (χ3n) is 6.32. The molecule has 0 aliphatic rings. The van der Waals surface area contributed by atoms with Crippen molar-refractivity contribution in [1.82, 2.24) is 10.3 Å². The average Bonchev–Trinajstić information content (AvgIpc) is 3.32. The number of anilines is 2. The van der Waals surface area contributed by atoms with E-state index in [9.17, 15) is 14.0 Å². The van der Waals surface area contributed by atoms with Gasteiger partial charge in [-0.3, -0.25) is 4.79 Å². The van der Waals surface area contributed by atoms with E-state index in [-0.39, 0.29) is 24.9 Å². The van der Waals surface area contributed by atoms with Crippen LogP contribution in [-0.2, 0) is 28.9 Å². The quantitative estimate of drug-likeness (QED) is 0.159. The van der Waals surface area contributed by atoms with Gasteiger partial charge in [-0.25, -0.2) is 14.2 Å². The standard InChI is InChI=1S/C32H34FN3O6/c1-20(2)41-32(39)34-19-24-18-28(14-6-22(24)7-15-30(37)38)40-17-16-29-21(3)42-31(36-29)23-4-10-26(11-5-23)35-27-12-8-25(33)9-13-27/h4-6,8-14,18,20,35H,7,15-17,19H2,1-3H3,(H,34,39)(H,37,38). The highest BCUT2D eigenvalue weighted by Gasteiger charge is 2.14. The van der Waals surface area contributed by atoms with E-state index in [1.165, 1.54) is 12.1 Å². The zero-order chi connectivity index (χ0) is 30.1. The topological polar surface area (TPSA) is 123 Å². The Labute approximate surface area is 243 Å². The lowest BCUT2D eigenvalue weighted by Crippen LogP contribution is -2.26.